The Balaban J connectivity index is 1.78. The third-order valence-electron chi connectivity index (χ3n) is 5.29. The normalized spacial score (nSPS) is 17.0. The minimum atomic E-state index is -3.30. The lowest BCUT2D eigenvalue weighted by Crippen LogP contribution is -2.39. The van der Waals surface area contributed by atoms with Gasteiger partial charge in [0.2, 0.25) is 0 Å². The average molecular weight is 509 g/mol. The Morgan fingerprint density at radius 2 is 1.69 bits per heavy atom. The number of sulfone groups is 1. The summed E-state index contributed by atoms with van der Waals surface area (Å²) in [5.74, 6) is 0.669. The Labute approximate surface area is 201 Å². The van der Waals surface area contributed by atoms with Crippen LogP contribution in [0.4, 0.5) is 5.69 Å². The van der Waals surface area contributed by atoms with Gasteiger partial charge in [0.15, 0.2) is 9.84 Å². The zero-order chi connectivity index (χ0) is 23.3. The van der Waals surface area contributed by atoms with Crippen molar-refractivity contribution in [2.45, 2.75) is 30.4 Å². The fourth-order valence-electron chi connectivity index (χ4n) is 3.53. The molecule has 1 aliphatic heterocycles. The van der Waals surface area contributed by atoms with Gasteiger partial charge in [-0.15, -0.1) is 11.3 Å². The molecule has 168 valence electrons. The van der Waals surface area contributed by atoms with E-state index in [-0.39, 0.29) is 10.9 Å². The van der Waals surface area contributed by atoms with Crippen LogP contribution in [-0.4, -0.2) is 43.8 Å². The molecule has 0 fully saturated rings. The summed E-state index contributed by atoms with van der Waals surface area (Å²) in [6, 6.07) is 15.7. The van der Waals surface area contributed by atoms with E-state index in [0.29, 0.717) is 28.1 Å². The first-order chi connectivity index (χ1) is 14.9. The van der Waals surface area contributed by atoms with Gasteiger partial charge in [0, 0.05) is 11.1 Å². The molecule has 5 nitrogen and oxygen atoms in total. The minimum absolute atomic E-state index is 0.273. The maximum absolute atomic E-state index is 12.0. The second-order valence-electron chi connectivity index (χ2n) is 8.27. The SMILES string of the molecule is CC(C)(O)C1CN(c2c(Cl)cccc2Cl)C(c2ccc(-c3cccc(S(C)(=O)=O)c3)s2)=N1. The van der Waals surface area contributed by atoms with E-state index in [2.05, 4.69) is 0 Å². The summed E-state index contributed by atoms with van der Waals surface area (Å²) in [6.07, 6.45) is 1.20. The summed E-state index contributed by atoms with van der Waals surface area (Å²) in [6.45, 7) is 3.89. The van der Waals surface area contributed by atoms with Gasteiger partial charge in [0.05, 0.1) is 43.7 Å². The number of amidine groups is 1. The number of rotatable bonds is 5. The van der Waals surface area contributed by atoms with Crippen LogP contribution in [0.15, 0.2) is 64.5 Å². The number of anilines is 1. The van der Waals surface area contributed by atoms with Crippen molar-refractivity contribution in [3.05, 3.63) is 69.5 Å². The molecule has 1 unspecified atom stereocenters. The summed E-state index contributed by atoms with van der Waals surface area (Å²) in [4.78, 5) is 8.81. The lowest BCUT2D eigenvalue weighted by molar-refractivity contribution is 0.0583. The van der Waals surface area contributed by atoms with Crippen LogP contribution >= 0.6 is 34.5 Å². The van der Waals surface area contributed by atoms with Crippen molar-refractivity contribution in [1.82, 2.24) is 0 Å². The van der Waals surface area contributed by atoms with Gasteiger partial charge in [-0.05, 0) is 55.8 Å². The second-order valence-corrected chi connectivity index (χ2v) is 12.2. The summed E-state index contributed by atoms with van der Waals surface area (Å²) in [5.41, 5.74) is 0.428. The number of aliphatic hydroxyl groups is 1. The van der Waals surface area contributed by atoms with Gasteiger partial charge in [0.25, 0.3) is 0 Å². The van der Waals surface area contributed by atoms with E-state index in [1.807, 2.05) is 23.1 Å². The van der Waals surface area contributed by atoms with Crippen LogP contribution in [0.1, 0.15) is 18.7 Å². The topological polar surface area (TPSA) is 70.0 Å². The molecule has 4 rings (SSSR count). The van der Waals surface area contributed by atoms with Crippen molar-refractivity contribution in [3.63, 3.8) is 0 Å². The van der Waals surface area contributed by atoms with Crippen molar-refractivity contribution in [2.75, 3.05) is 17.7 Å². The number of aliphatic imine (C=N–C) groups is 1. The molecular formula is C23H22Cl2N2O3S2. The van der Waals surface area contributed by atoms with Crippen LogP contribution in [0.3, 0.4) is 0 Å². The van der Waals surface area contributed by atoms with Crippen LogP contribution in [-0.2, 0) is 9.84 Å². The second kappa shape index (κ2) is 8.47. The Hall–Kier alpha value is -1.90. The lowest BCUT2D eigenvalue weighted by atomic mass is 10.00. The van der Waals surface area contributed by atoms with Crippen LogP contribution in [0.25, 0.3) is 10.4 Å². The standard InChI is InChI=1S/C23H22Cl2N2O3S2/c1-23(2,28)20-13-27(21-16(24)8-5-9-17(21)25)22(26-20)19-11-10-18(31-19)14-6-4-7-15(12-14)32(3,29)30/h4-12,20,28H,13H2,1-3H3. The third kappa shape index (κ3) is 4.58. The Morgan fingerprint density at radius 1 is 1.06 bits per heavy atom. The summed E-state index contributed by atoms with van der Waals surface area (Å²) in [7, 11) is -3.30. The molecule has 1 aromatic heterocycles. The molecule has 0 bridgehead atoms. The van der Waals surface area contributed by atoms with Gasteiger partial charge in [-0.3, -0.25) is 4.99 Å². The fraction of sp³-hybridized carbons (Fsp3) is 0.261. The molecule has 2 aromatic carbocycles. The third-order valence-corrected chi connectivity index (χ3v) is 8.14. The van der Waals surface area contributed by atoms with E-state index >= 15 is 0 Å². The molecule has 0 saturated heterocycles. The molecule has 2 heterocycles. The summed E-state index contributed by atoms with van der Waals surface area (Å²) >= 11 is 14.5. The van der Waals surface area contributed by atoms with Crippen molar-refractivity contribution in [1.29, 1.82) is 0 Å². The molecule has 0 spiro atoms. The molecular weight excluding hydrogens is 487 g/mol. The van der Waals surface area contributed by atoms with Crippen molar-refractivity contribution in [2.24, 2.45) is 4.99 Å². The van der Waals surface area contributed by atoms with Gasteiger partial charge >= 0.3 is 0 Å². The number of nitrogens with zero attached hydrogens (tertiary/aromatic N) is 2. The highest BCUT2D eigenvalue weighted by Gasteiger charge is 2.38. The quantitative estimate of drug-likeness (QED) is 0.491. The van der Waals surface area contributed by atoms with E-state index in [4.69, 9.17) is 28.2 Å². The van der Waals surface area contributed by atoms with E-state index in [9.17, 15) is 13.5 Å². The van der Waals surface area contributed by atoms with Crippen molar-refractivity contribution < 1.29 is 13.5 Å². The molecule has 1 atom stereocenters. The Morgan fingerprint density at radius 3 is 2.31 bits per heavy atom. The van der Waals surface area contributed by atoms with Gasteiger partial charge in [0.1, 0.15) is 5.84 Å². The first kappa shape index (κ1) is 23.3. The van der Waals surface area contributed by atoms with Crippen LogP contribution in [0, 0.1) is 0 Å². The van der Waals surface area contributed by atoms with Gasteiger partial charge in [-0.1, -0.05) is 41.4 Å². The van der Waals surface area contributed by atoms with Crippen LogP contribution in [0.5, 0.6) is 0 Å². The highest BCUT2D eigenvalue weighted by atomic mass is 35.5. The molecule has 3 aromatic rings. The van der Waals surface area contributed by atoms with Gasteiger partial charge < -0.3 is 10.0 Å². The number of para-hydroxylation sites is 1. The molecule has 0 aliphatic carbocycles. The molecule has 0 saturated carbocycles. The molecule has 0 radical (unpaired) electrons. The van der Waals surface area contributed by atoms with E-state index in [1.165, 1.54) is 17.6 Å². The average Bonchev–Trinajstić information content (AvgIpc) is 3.34. The zero-order valence-corrected chi connectivity index (χ0v) is 20.9. The van der Waals surface area contributed by atoms with Crippen molar-refractivity contribution >= 4 is 55.9 Å². The molecule has 0 amide bonds. The van der Waals surface area contributed by atoms with Crippen LogP contribution < -0.4 is 4.90 Å². The predicted octanol–water partition coefficient (Wildman–Crippen LogP) is 5.53. The summed E-state index contributed by atoms with van der Waals surface area (Å²) < 4.78 is 23.9. The monoisotopic (exact) mass is 508 g/mol. The molecule has 1 N–H and O–H groups in total. The van der Waals surface area contributed by atoms with Gasteiger partial charge in [-0.2, -0.15) is 0 Å². The predicted molar refractivity (Wildman–Crippen MR) is 133 cm³/mol. The smallest absolute Gasteiger partial charge is 0.175 e. The zero-order valence-electron chi connectivity index (χ0n) is 17.7. The summed E-state index contributed by atoms with van der Waals surface area (Å²) in [5, 5.41) is 11.6. The minimum Gasteiger partial charge on any atom is -0.388 e. The lowest BCUT2D eigenvalue weighted by Gasteiger charge is -2.26. The first-order valence-corrected chi connectivity index (χ1v) is 13.3. The Bertz CT molecular complexity index is 1290. The highest BCUT2D eigenvalue weighted by molar-refractivity contribution is 7.90. The number of halogens is 2. The van der Waals surface area contributed by atoms with E-state index in [0.717, 1.165) is 15.3 Å². The van der Waals surface area contributed by atoms with Crippen LogP contribution in [0.2, 0.25) is 10.0 Å². The number of benzene rings is 2. The van der Waals surface area contributed by atoms with E-state index < -0.39 is 15.4 Å². The molecule has 32 heavy (non-hydrogen) atoms. The highest BCUT2D eigenvalue weighted by Crippen LogP contribution is 2.39. The largest absolute Gasteiger partial charge is 0.388 e. The number of thiophene rings is 1. The first-order valence-electron chi connectivity index (χ1n) is 9.87. The van der Waals surface area contributed by atoms with Crippen molar-refractivity contribution in [3.8, 4) is 10.4 Å². The van der Waals surface area contributed by atoms with E-state index in [1.54, 1.807) is 50.2 Å². The maximum atomic E-state index is 12.0. The molecule has 9 heteroatoms. The Kier molecular flexibility index (Phi) is 6.15. The maximum Gasteiger partial charge on any atom is 0.175 e. The number of hydrogen-bond acceptors (Lipinski definition) is 6. The molecule has 1 aliphatic rings. The fourth-order valence-corrected chi connectivity index (χ4v) is 5.81. The van der Waals surface area contributed by atoms with Gasteiger partial charge in [-0.25, -0.2) is 8.42 Å². The number of hydrogen-bond donors (Lipinski definition) is 1.